The van der Waals surface area contributed by atoms with Crippen molar-refractivity contribution in [1.29, 1.82) is 0 Å². The summed E-state index contributed by atoms with van der Waals surface area (Å²) in [5, 5.41) is 2.27. The molecule has 146 valence electrons. The van der Waals surface area contributed by atoms with E-state index in [0.29, 0.717) is 13.2 Å². The standard InChI is InChI=1S/C23H25O3PS/c1-3-25-27(24,26-4-2)17-23(28-18-19-11-6-5-7-12-19)22-16-10-14-20-13-8-9-15-21(20)22/h5-17H,3-4,18H2,1-2H3/b23-17+. The van der Waals surface area contributed by atoms with Gasteiger partial charge in [0.1, 0.15) is 0 Å². The minimum Gasteiger partial charge on any atom is -0.306 e. The lowest BCUT2D eigenvalue weighted by Crippen LogP contribution is -1.95. The Morgan fingerprint density at radius 1 is 0.893 bits per heavy atom. The van der Waals surface area contributed by atoms with Gasteiger partial charge in [-0.1, -0.05) is 72.8 Å². The van der Waals surface area contributed by atoms with Crippen molar-refractivity contribution in [2.24, 2.45) is 0 Å². The minimum absolute atomic E-state index is 0.333. The summed E-state index contributed by atoms with van der Waals surface area (Å²) in [6.45, 7) is 4.32. The molecule has 28 heavy (non-hydrogen) atoms. The van der Waals surface area contributed by atoms with Gasteiger partial charge in [-0.15, -0.1) is 11.8 Å². The molecule has 0 heterocycles. The molecule has 0 aromatic heterocycles. The maximum absolute atomic E-state index is 13.2. The van der Waals surface area contributed by atoms with Gasteiger partial charge in [0, 0.05) is 16.5 Å². The van der Waals surface area contributed by atoms with Crippen LogP contribution < -0.4 is 0 Å². The molecule has 3 rings (SSSR count). The van der Waals surface area contributed by atoms with Crippen LogP contribution in [0.4, 0.5) is 0 Å². The molecule has 0 fully saturated rings. The van der Waals surface area contributed by atoms with Crippen molar-refractivity contribution in [1.82, 2.24) is 0 Å². The monoisotopic (exact) mass is 412 g/mol. The van der Waals surface area contributed by atoms with Gasteiger partial charge in [-0.25, -0.2) is 0 Å². The normalized spacial score (nSPS) is 12.4. The molecule has 0 aliphatic heterocycles. The number of thioether (sulfide) groups is 1. The highest BCUT2D eigenvalue weighted by Crippen LogP contribution is 2.54. The second-order valence-electron chi connectivity index (χ2n) is 6.17. The fourth-order valence-corrected chi connectivity index (χ4v) is 5.88. The lowest BCUT2D eigenvalue weighted by Gasteiger charge is -2.17. The number of rotatable bonds is 9. The fraction of sp³-hybridized carbons (Fsp3) is 0.217. The molecule has 3 nitrogen and oxygen atoms in total. The molecule has 0 saturated carbocycles. The number of fused-ring (bicyclic) bond motifs is 1. The van der Waals surface area contributed by atoms with E-state index >= 15 is 0 Å². The highest BCUT2D eigenvalue weighted by molar-refractivity contribution is 8.07. The van der Waals surface area contributed by atoms with Gasteiger partial charge in [-0.05, 0) is 35.7 Å². The largest absolute Gasteiger partial charge is 0.355 e. The Balaban J connectivity index is 2.05. The van der Waals surface area contributed by atoms with Crippen molar-refractivity contribution < 1.29 is 13.6 Å². The second kappa shape index (κ2) is 10.1. The first kappa shape index (κ1) is 20.9. The highest BCUT2D eigenvalue weighted by atomic mass is 32.2. The predicted molar refractivity (Wildman–Crippen MR) is 121 cm³/mol. The average Bonchev–Trinajstić information content (AvgIpc) is 2.72. The van der Waals surface area contributed by atoms with Gasteiger partial charge in [0.05, 0.1) is 13.2 Å². The molecule has 3 aromatic carbocycles. The molecule has 0 atom stereocenters. The van der Waals surface area contributed by atoms with Crippen LogP contribution in [0.25, 0.3) is 15.7 Å². The molecule has 0 spiro atoms. The Bertz CT molecular complexity index is 970. The third-order valence-corrected chi connectivity index (χ3v) is 7.30. The summed E-state index contributed by atoms with van der Waals surface area (Å²) in [7, 11) is -3.32. The van der Waals surface area contributed by atoms with Crippen LogP contribution in [0.15, 0.2) is 78.6 Å². The van der Waals surface area contributed by atoms with Crippen molar-refractivity contribution in [2.45, 2.75) is 19.6 Å². The molecule has 5 heteroatoms. The molecular formula is C23H25O3PS. The first-order valence-corrected chi connectivity index (χ1v) is 12.0. The van der Waals surface area contributed by atoms with E-state index < -0.39 is 7.60 Å². The van der Waals surface area contributed by atoms with E-state index in [0.717, 1.165) is 27.0 Å². The molecule has 0 N–H and O–H groups in total. The maximum atomic E-state index is 13.2. The van der Waals surface area contributed by atoms with Crippen LogP contribution in [0, 0.1) is 0 Å². The number of hydrogen-bond acceptors (Lipinski definition) is 4. The third-order valence-electron chi connectivity index (χ3n) is 4.19. The first-order valence-electron chi connectivity index (χ1n) is 9.41. The van der Waals surface area contributed by atoms with Crippen LogP contribution in [0.5, 0.6) is 0 Å². The van der Waals surface area contributed by atoms with E-state index in [2.05, 4.69) is 36.4 Å². The van der Waals surface area contributed by atoms with Crippen molar-refractivity contribution in [3.63, 3.8) is 0 Å². The SMILES string of the molecule is CCOP(=O)(/C=C(/SCc1ccccc1)c1cccc2ccccc12)OCC. The Kier molecular flexibility index (Phi) is 7.52. The van der Waals surface area contributed by atoms with Gasteiger partial charge >= 0.3 is 7.60 Å². The summed E-state index contributed by atoms with van der Waals surface area (Å²) in [4.78, 5) is 0.908. The Morgan fingerprint density at radius 2 is 1.54 bits per heavy atom. The van der Waals surface area contributed by atoms with Gasteiger partial charge < -0.3 is 9.05 Å². The van der Waals surface area contributed by atoms with Crippen molar-refractivity contribution >= 4 is 35.0 Å². The summed E-state index contributed by atoms with van der Waals surface area (Å²) in [6.07, 6.45) is 0. The predicted octanol–water partition coefficient (Wildman–Crippen LogP) is 7.34. The van der Waals surface area contributed by atoms with E-state index in [1.54, 1.807) is 17.6 Å². The Morgan fingerprint density at radius 3 is 2.25 bits per heavy atom. The zero-order valence-corrected chi connectivity index (χ0v) is 17.9. The second-order valence-corrected chi connectivity index (χ2v) is 9.04. The molecule has 0 radical (unpaired) electrons. The fourth-order valence-electron chi connectivity index (χ4n) is 2.98. The summed E-state index contributed by atoms with van der Waals surface area (Å²) in [5.41, 5.74) is 2.25. The van der Waals surface area contributed by atoms with Gasteiger partial charge in [-0.2, -0.15) is 0 Å². The summed E-state index contributed by atoms with van der Waals surface area (Å²) in [5.74, 6) is 2.46. The smallest absolute Gasteiger partial charge is 0.306 e. The molecule has 0 aliphatic carbocycles. The van der Waals surface area contributed by atoms with Crippen LogP contribution in [0.3, 0.4) is 0 Å². The van der Waals surface area contributed by atoms with E-state index in [1.165, 1.54) is 5.56 Å². The van der Waals surface area contributed by atoms with Gasteiger partial charge in [-0.3, -0.25) is 4.57 Å². The zero-order chi connectivity index (χ0) is 19.8. The topological polar surface area (TPSA) is 35.5 Å². The average molecular weight is 412 g/mol. The van der Waals surface area contributed by atoms with Crippen LogP contribution in [-0.4, -0.2) is 13.2 Å². The van der Waals surface area contributed by atoms with Gasteiger partial charge in [0.25, 0.3) is 0 Å². The van der Waals surface area contributed by atoms with Crippen LogP contribution >= 0.6 is 19.4 Å². The van der Waals surface area contributed by atoms with Gasteiger partial charge in [0.2, 0.25) is 0 Å². The molecule has 0 bridgehead atoms. The third kappa shape index (κ3) is 5.36. The van der Waals surface area contributed by atoms with E-state index in [4.69, 9.17) is 9.05 Å². The zero-order valence-electron chi connectivity index (χ0n) is 16.2. The minimum atomic E-state index is -3.32. The van der Waals surface area contributed by atoms with Gasteiger partial charge in [0.15, 0.2) is 0 Å². The van der Waals surface area contributed by atoms with Crippen LogP contribution in [0.2, 0.25) is 0 Å². The number of hydrogen-bond donors (Lipinski definition) is 0. The van der Waals surface area contributed by atoms with Crippen molar-refractivity contribution in [3.05, 3.63) is 89.7 Å². The first-order chi connectivity index (χ1) is 13.6. The summed E-state index contributed by atoms with van der Waals surface area (Å²) >= 11 is 1.65. The molecular weight excluding hydrogens is 387 g/mol. The summed E-state index contributed by atoms with van der Waals surface area (Å²) < 4.78 is 24.3. The Labute approximate surface area is 171 Å². The van der Waals surface area contributed by atoms with Crippen molar-refractivity contribution in [3.8, 4) is 0 Å². The molecule has 0 saturated heterocycles. The Hall–Kier alpha value is -1.84. The number of benzene rings is 3. The van der Waals surface area contributed by atoms with Crippen molar-refractivity contribution in [2.75, 3.05) is 13.2 Å². The van der Waals surface area contributed by atoms with E-state index in [-0.39, 0.29) is 0 Å². The van der Waals surface area contributed by atoms with E-state index in [9.17, 15) is 4.57 Å². The maximum Gasteiger partial charge on any atom is 0.355 e. The quantitative estimate of drug-likeness (QED) is 0.345. The lowest BCUT2D eigenvalue weighted by atomic mass is 10.0. The van der Waals surface area contributed by atoms with E-state index in [1.807, 2.05) is 50.2 Å². The molecule has 0 unspecified atom stereocenters. The lowest BCUT2D eigenvalue weighted by molar-refractivity contribution is 0.229. The highest BCUT2D eigenvalue weighted by Gasteiger charge is 2.23. The molecule has 0 aliphatic rings. The molecule has 0 amide bonds. The molecule has 3 aromatic rings. The summed E-state index contributed by atoms with van der Waals surface area (Å²) in [6, 6.07) is 24.7. The van der Waals surface area contributed by atoms with Crippen LogP contribution in [-0.2, 0) is 19.4 Å². The van der Waals surface area contributed by atoms with Crippen LogP contribution in [0.1, 0.15) is 25.0 Å².